The number of likely N-dealkylation sites (tertiary alicyclic amines) is 2. The van der Waals surface area contributed by atoms with Crippen LogP contribution >= 0.6 is 35.3 Å². The molecule has 3 heterocycles. The molecule has 0 saturated carbocycles. The molecule has 26 heavy (non-hydrogen) atoms. The normalized spacial score (nSPS) is 23.2. The van der Waals surface area contributed by atoms with Gasteiger partial charge in [0.25, 0.3) is 0 Å². The molecular formula is C19H34IN5S. The number of hydrogen-bond donors (Lipinski definition) is 1. The van der Waals surface area contributed by atoms with Crippen LogP contribution in [0.1, 0.15) is 37.3 Å². The number of aliphatic imine (C=N–C) groups is 1. The minimum Gasteiger partial charge on any atom is -0.354 e. The van der Waals surface area contributed by atoms with Crippen LogP contribution in [0.3, 0.4) is 0 Å². The number of likely N-dealkylation sites (N-methyl/N-ethyl adjacent to an activating group) is 1. The summed E-state index contributed by atoms with van der Waals surface area (Å²) in [5, 5.41) is 8.03. The van der Waals surface area contributed by atoms with Crippen LogP contribution in [0, 0.1) is 0 Å². The number of halogens is 1. The summed E-state index contributed by atoms with van der Waals surface area (Å²) in [5.41, 5.74) is 1.38. The maximum Gasteiger partial charge on any atom is 0.193 e. The second-order valence-corrected chi connectivity index (χ2v) is 8.23. The van der Waals surface area contributed by atoms with Gasteiger partial charge in [-0.2, -0.15) is 11.3 Å². The molecule has 0 aromatic carbocycles. The van der Waals surface area contributed by atoms with E-state index in [1.807, 2.05) is 7.05 Å². The second-order valence-electron chi connectivity index (χ2n) is 7.45. The average Bonchev–Trinajstić information content (AvgIpc) is 3.31. The molecular weight excluding hydrogens is 457 g/mol. The summed E-state index contributed by atoms with van der Waals surface area (Å²) < 4.78 is 0. The van der Waals surface area contributed by atoms with Crippen LogP contribution in [0.25, 0.3) is 0 Å². The Morgan fingerprint density at radius 3 is 2.69 bits per heavy atom. The summed E-state index contributed by atoms with van der Waals surface area (Å²) in [6, 6.07) is 3.31. The maximum absolute atomic E-state index is 4.56. The first-order chi connectivity index (χ1) is 12.2. The standard InChI is InChI=1S/C19H33N5S.HI/c1-20-19(21-13-18(22(2)3)16-8-12-25-15-16)24-11-7-17(14-24)23-9-5-4-6-10-23;/h8,12,15,17-18H,4-7,9-11,13-14H2,1-3H3,(H,20,21);1H. The minimum atomic E-state index is 0. The van der Waals surface area contributed by atoms with Crippen molar-refractivity contribution >= 4 is 41.3 Å². The molecule has 2 fully saturated rings. The van der Waals surface area contributed by atoms with Crippen molar-refractivity contribution < 1.29 is 0 Å². The third-order valence-electron chi connectivity index (χ3n) is 5.59. The predicted molar refractivity (Wildman–Crippen MR) is 123 cm³/mol. The van der Waals surface area contributed by atoms with Crippen molar-refractivity contribution in [2.24, 2.45) is 4.99 Å². The first kappa shape index (κ1) is 21.9. The van der Waals surface area contributed by atoms with Crippen molar-refractivity contribution in [3.05, 3.63) is 22.4 Å². The fraction of sp³-hybridized carbons (Fsp3) is 0.737. The van der Waals surface area contributed by atoms with Crippen LogP contribution in [0.15, 0.2) is 21.8 Å². The van der Waals surface area contributed by atoms with E-state index in [1.54, 1.807) is 11.3 Å². The van der Waals surface area contributed by atoms with E-state index in [0.29, 0.717) is 12.1 Å². The summed E-state index contributed by atoms with van der Waals surface area (Å²) in [6.07, 6.45) is 5.41. The Balaban J connectivity index is 0.00000243. The summed E-state index contributed by atoms with van der Waals surface area (Å²) >= 11 is 1.77. The molecule has 0 radical (unpaired) electrons. The highest BCUT2D eigenvalue weighted by Gasteiger charge is 2.30. The summed E-state index contributed by atoms with van der Waals surface area (Å²) in [6.45, 7) is 5.69. The quantitative estimate of drug-likeness (QED) is 0.390. The zero-order valence-electron chi connectivity index (χ0n) is 16.4. The van der Waals surface area contributed by atoms with Gasteiger partial charge >= 0.3 is 0 Å². The smallest absolute Gasteiger partial charge is 0.193 e. The van der Waals surface area contributed by atoms with E-state index in [-0.39, 0.29) is 24.0 Å². The van der Waals surface area contributed by atoms with Crippen molar-refractivity contribution in [2.45, 2.75) is 37.8 Å². The monoisotopic (exact) mass is 491 g/mol. The number of nitrogens with zero attached hydrogens (tertiary/aromatic N) is 4. The Bertz CT molecular complexity index is 542. The number of rotatable bonds is 5. The van der Waals surface area contributed by atoms with Crippen molar-refractivity contribution in [3.8, 4) is 0 Å². The highest BCUT2D eigenvalue weighted by molar-refractivity contribution is 14.0. The molecule has 1 aromatic heterocycles. The topological polar surface area (TPSA) is 34.1 Å². The van der Waals surface area contributed by atoms with Crippen LogP contribution in [-0.2, 0) is 0 Å². The van der Waals surface area contributed by atoms with Gasteiger partial charge in [0.15, 0.2) is 5.96 Å². The van der Waals surface area contributed by atoms with Gasteiger partial charge in [-0.1, -0.05) is 6.42 Å². The second kappa shape index (κ2) is 10.8. The van der Waals surface area contributed by atoms with Crippen molar-refractivity contribution in [1.82, 2.24) is 20.0 Å². The number of piperidine rings is 1. The molecule has 2 atom stereocenters. The van der Waals surface area contributed by atoms with Crippen molar-refractivity contribution in [1.29, 1.82) is 0 Å². The molecule has 0 amide bonds. The molecule has 2 aliphatic rings. The fourth-order valence-electron chi connectivity index (χ4n) is 4.10. The Hall–Kier alpha value is -0.380. The first-order valence-corrected chi connectivity index (χ1v) is 10.5. The van der Waals surface area contributed by atoms with E-state index >= 15 is 0 Å². The van der Waals surface area contributed by atoms with Gasteiger partial charge in [0.05, 0.1) is 6.04 Å². The Labute approximate surface area is 179 Å². The van der Waals surface area contributed by atoms with Gasteiger partial charge < -0.3 is 15.1 Å². The lowest BCUT2D eigenvalue weighted by Crippen LogP contribution is -2.46. The zero-order chi connectivity index (χ0) is 17.6. The minimum absolute atomic E-state index is 0. The van der Waals surface area contributed by atoms with Gasteiger partial charge in [0.1, 0.15) is 0 Å². The molecule has 0 aliphatic carbocycles. The Morgan fingerprint density at radius 2 is 2.08 bits per heavy atom. The van der Waals surface area contributed by atoms with Crippen LogP contribution < -0.4 is 5.32 Å². The maximum atomic E-state index is 4.56. The molecule has 2 saturated heterocycles. The molecule has 7 heteroatoms. The Morgan fingerprint density at radius 1 is 1.31 bits per heavy atom. The summed E-state index contributed by atoms with van der Waals surface area (Å²) in [7, 11) is 6.20. The lowest BCUT2D eigenvalue weighted by atomic mass is 10.1. The predicted octanol–water partition coefficient (Wildman–Crippen LogP) is 3.10. The largest absolute Gasteiger partial charge is 0.354 e. The fourth-order valence-corrected chi connectivity index (χ4v) is 4.81. The molecule has 2 unspecified atom stereocenters. The average molecular weight is 491 g/mol. The molecule has 5 nitrogen and oxygen atoms in total. The van der Waals surface area contributed by atoms with Gasteiger partial charge in [-0.25, -0.2) is 0 Å². The molecule has 148 valence electrons. The van der Waals surface area contributed by atoms with E-state index in [2.05, 4.69) is 55.9 Å². The van der Waals surface area contributed by atoms with Gasteiger partial charge in [-0.3, -0.25) is 9.89 Å². The molecule has 0 bridgehead atoms. The van der Waals surface area contributed by atoms with Crippen LogP contribution in [-0.4, -0.2) is 80.6 Å². The highest BCUT2D eigenvalue weighted by Crippen LogP contribution is 2.22. The zero-order valence-corrected chi connectivity index (χ0v) is 19.5. The molecule has 1 N–H and O–H groups in total. The van der Waals surface area contributed by atoms with Crippen LogP contribution in [0.4, 0.5) is 0 Å². The van der Waals surface area contributed by atoms with Crippen LogP contribution in [0.2, 0.25) is 0 Å². The summed E-state index contributed by atoms with van der Waals surface area (Å²) in [5.74, 6) is 1.06. The van der Waals surface area contributed by atoms with Crippen molar-refractivity contribution in [3.63, 3.8) is 0 Å². The van der Waals surface area contributed by atoms with E-state index < -0.39 is 0 Å². The third kappa shape index (κ3) is 5.56. The number of hydrogen-bond acceptors (Lipinski definition) is 4. The van der Waals surface area contributed by atoms with E-state index in [1.165, 1.54) is 44.3 Å². The SMILES string of the molecule is CN=C(NCC(c1ccsc1)N(C)C)N1CCC(N2CCCCC2)C1.I. The highest BCUT2D eigenvalue weighted by atomic mass is 127. The van der Waals surface area contributed by atoms with E-state index in [4.69, 9.17) is 0 Å². The molecule has 1 aromatic rings. The van der Waals surface area contributed by atoms with E-state index in [9.17, 15) is 0 Å². The Kier molecular flexibility index (Phi) is 9.12. The lowest BCUT2D eigenvalue weighted by molar-refractivity contribution is 0.168. The molecule has 0 spiro atoms. The van der Waals surface area contributed by atoms with Gasteiger partial charge in [-0.05, 0) is 68.8 Å². The number of nitrogens with one attached hydrogen (secondary N) is 1. The molecule has 2 aliphatic heterocycles. The number of thiophene rings is 1. The van der Waals surface area contributed by atoms with Gasteiger partial charge in [0.2, 0.25) is 0 Å². The van der Waals surface area contributed by atoms with Crippen molar-refractivity contribution in [2.75, 3.05) is 53.9 Å². The van der Waals surface area contributed by atoms with Gasteiger partial charge in [-0.15, -0.1) is 24.0 Å². The van der Waals surface area contributed by atoms with Gasteiger partial charge in [0, 0.05) is 32.7 Å². The lowest BCUT2D eigenvalue weighted by Gasteiger charge is -2.32. The number of guanidine groups is 1. The van der Waals surface area contributed by atoms with E-state index in [0.717, 1.165) is 25.6 Å². The first-order valence-electron chi connectivity index (χ1n) is 9.57. The summed E-state index contributed by atoms with van der Waals surface area (Å²) in [4.78, 5) is 12.0. The van der Waals surface area contributed by atoms with Crippen LogP contribution in [0.5, 0.6) is 0 Å². The molecule has 3 rings (SSSR count). The third-order valence-corrected chi connectivity index (χ3v) is 6.29.